The van der Waals surface area contributed by atoms with Crippen molar-refractivity contribution in [2.75, 3.05) is 6.54 Å². The third-order valence-corrected chi connectivity index (χ3v) is 3.18. The standard InChI is InChI=1S/C16H18N4O/c17-13-15(12-14-6-2-1-3-7-14)16(21)18-8-4-10-20-11-5-9-19-20/h1-3,5-7,9,11,15H,4,8,10,12H2,(H,18,21). The highest BCUT2D eigenvalue weighted by atomic mass is 16.1. The maximum absolute atomic E-state index is 12.0. The highest BCUT2D eigenvalue weighted by Crippen LogP contribution is 2.08. The molecule has 5 nitrogen and oxygen atoms in total. The van der Waals surface area contributed by atoms with Gasteiger partial charge in [-0.15, -0.1) is 0 Å². The lowest BCUT2D eigenvalue weighted by atomic mass is 10.00. The molecule has 1 aromatic carbocycles. The van der Waals surface area contributed by atoms with E-state index in [-0.39, 0.29) is 5.91 Å². The Kier molecular flexibility index (Phi) is 5.53. The van der Waals surface area contributed by atoms with Crippen LogP contribution in [0.3, 0.4) is 0 Å². The zero-order valence-electron chi connectivity index (χ0n) is 11.8. The van der Waals surface area contributed by atoms with E-state index in [2.05, 4.69) is 16.5 Å². The summed E-state index contributed by atoms with van der Waals surface area (Å²) in [5.41, 5.74) is 0.996. The number of hydrogen-bond donors (Lipinski definition) is 1. The quantitative estimate of drug-likeness (QED) is 0.787. The lowest BCUT2D eigenvalue weighted by Crippen LogP contribution is -2.32. The summed E-state index contributed by atoms with van der Waals surface area (Å²) < 4.78 is 1.82. The van der Waals surface area contributed by atoms with Gasteiger partial charge in [0, 0.05) is 25.5 Å². The maximum Gasteiger partial charge on any atom is 0.237 e. The Labute approximate surface area is 124 Å². The average molecular weight is 282 g/mol. The number of aryl methyl sites for hydroxylation is 1. The van der Waals surface area contributed by atoms with E-state index in [0.717, 1.165) is 18.5 Å². The van der Waals surface area contributed by atoms with E-state index in [4.69, 9.17) is 5.26 Å². The molecule has 1 unspecified atom stereocenters. The maximum atomic E-state index is 12.0. The van der Waals surface area contributed by atoms with Gasteiger partial charge in [-0.2, -0.15) is 10.4 Å². The number of nitriles is 1. The van der Waals surface area contributed by atoms with Crippen molar-refractivity contribution in [1.29, 1.82) is 5.26 Å². The van der Waals surface area contributed by atoms with Crippen LogP contribution in [0.5, 0.6) is 0 Å². The number of nitrogens with zero attached hydrogens (tertiary/aromatic N) is 3. The predicted octanol–water partition coefficient (Wildman–Crippen LogP) is 1.77. The van der Waals surface area contributed by atoms with Gasteiger partial charge in [-0.1, -0.05) is 30.3 Å². The molecule has 0 saturated carbocycles. The number of rotatable bonds is 7. The Morgan fingerprint density at radius 1 is 1.33 bits per heavy atom. The Morgan fingerprint density at radius 3 is 2.81 bits per heavy atom. The molecular formula is C16H18N4O. The van der Waals surface area contributed by atoms with Gasteiger partial charge in [0.15, 0.2) is 0 Å². The summed E-state index contributed by atoms with van der Waals surface area (Å²) in [6.45, 7) is 1.30. The number of benzene rings is 1. The number of aromatic nitrogens is 2. The molecule has 0 fully saturated rings. The molecule has 108 valence electrons. The van der Waals surface area contributed by atoms with Crippen molar-refractivity contribution >= 4 is 5.91 Å². The van der Waals surface area contributed by atoms with Crippen molar-refractivity contribution in [3.05, 3.63) is 54.4 Å². The summed E-state index contributed by atoms with van der Waals surface area (Å²) in [5, 5.41) is 16.0. The molecule has 1 N–H and O–H groups in total. The summed E-state index contributed by atoms with van der Waals surface area (Å²) in [6, 6.07) is 13.5. The first-order valence-electron chi connectivity index (χ1n) is 6.98. The first kappa shape index (κ1) is 14.8. The lowest BCUT2D eigenvalue weighted by molar-refractivity contribution is -0.123. The molecule has 1 atom stereocenters. The van der Waals surface area contributed by atoms with Gasteiger partial charge in [-0.05, 0) is 24.5 Å². The van der Waals surface area contributed by atoms with Gasteiger partial charge >= 0.3 is 0 Å². The molecule has 1 heterocycles. The molecule has 0 aliphatic carbocycles. The van der Waals surface area contributed by atoms with Gasteiger partial charge in [0.05, 0.1) is 6.07 Å². The van der Waals surface area contributed by atoms with E-state index in [1.807, 2.05) is 47.3 Å². The van der Waals surface area contributed by atoms with Gasteiger partial charge in [0.25, 0.3) is 0 Å². The smallest absolute Gasteiger partial charge is 0.237 e. The second-order valence-electron chi connectivity index (χ2n) is 4.79. The van der Waals surface area contributed by atoms with Crippen LogP contribution in [0, 0.1) is 17.2 Å². The third-order valence-electron chi connectivity index (χ3n) is 3.18. The van der Waals surface area contributed by atoms with E-state index < -0.39 is 5.92 Å². The number of nitrogens with one attached hydrogen (secondary N) is 1. The minimum atomic E-state index is -0.642. The van der Waals surface area contributed by atoms with Gasteiger partial charge < -0.3 is 5.32 Å². The van der Waals surface area contributed by atoms with Crippen LogP contribution in [0.25, 0.3) is 0 Å². The van der Waals surface area contributed by atoms with Crippen molar-refractivity contribution in [3.8, 4) is 6.07 Å². The molecule has 0 radical (unpaired) electrons. The minimum absolute atomic E-state index is 0.207. The summed E-state index contributed by atoms with van der Waals surface area (Å²) in [4.78, 5) is 12.0. The van der Waals surface area contributed by atoms with Gasteiger partial charge in [-0.3, -0.25) is 9.48 Å². The van der Waals surface area contributed by atoms with Crippen LogP contribution in [0.15, 0.2) is 48.8 Å². The molecule has 0 aliphatic heterocycles. The van der Waals surface area contributed by atoms with Crippen LogP contribution in [0.1, 0.15) is 12.0 Å². The number of amides is 1. The van der Waals surface area contributed by atoms with E-state index in [1.165, 1.54) is 0 Å². The Balaban J connectivity index is 1.74. The van der Waals surface area contributed by atoms with Crippen LogP contribution in [-0.2, 0) is 17.8 Å². The first-order chi connectivity index (χ1) is 10.3. The summed E-state index contributed by atoms with van der Waals surface area (Å²) in [5.74, 6) is -0.848. The van der Waals surface area contributed by atoms with Crippen molar-refractivity contribution in [2.24, 2.45) is 5.92 Å². The molecule has 2 aromatic rings. The van der Waals surface area contributed by atoms with Crippen molar-refractivity contribution in [3.63, 3.8) is 0 Å². The molecule has 21 heavy (non-hydrogen) atoms. The molecule has 0 saturated heterocycles. The highest BCUT2D eigenvalue weighted by molar-refractivity contribution is 5.81. The van der Waals surface area contributed by atoms with Crippen LogP contribution >= 0.6 is 0 Å². The molecule has 0 aliphatic rings. The SMILES string of the molecule is N#CC(Cc1ccccc1)C(=O)NCCCn1cccn1. The zero-order chi connectivity index (χ0) is 14.9. The second-order valence-corrected chi connectivity index (χ2v) is 4.79. The van der Waals surface area contributed by atoms with Crippen LogP contribution in [0.4, 0.5) is 0 Å². The highest BCUT2D eigenvalue weighted by Gasteiger charge is 2.17. The normalized spacial score (nSPS) is 11.6. The van der Waals surface area contributed by atoms with E-state index in [9.17, 15) is 4.79 Å². The Morgan fingerprint density at radius 2 is 2.14 bits per heavy atom. The monoisotopic (exact) mass is 282 g/mol. The molecule has 1 amide bonds. The topological polar surface area (TPSA) is 70.7 Å². The molecule has 0 spiro atoms. The Hall–Kier alpha value is -2.61. The van der Waals surface area contributed by atoms with Crippen LogP contribution in [0.2, 0.25) is 0 Å². The third kappa shape index (κ3) is 4.77. The summed E-state index contributed by atoms with van der Waals surface area (Å²) in [6.07, 6.45) is 4.85. The minimum Gasteiger partial charge on any atom is -0.355 e. The zero-order valence-corrected chi connectivity index (χ0v) is 11.8. The molecular weight excluding hydrogens is 264 g/mol. The number of carbonyl (C=O) groups is 1. The predicted molar refractivity (Wildman–Crippen MR) is 79.1 cm³/mol. The lowest BCUT2D eigenvalue weighted by Gasteiger charge is -2.10. The van der Waals surface area contributed by atoms with Gasteiger partial charge in [0.1, 0.15) is 5.92 Å². The largest absolute Gasteiger partial charge is 0.355 e. The van der Waals surface area contributed by atoms with Crippen molar-refractivity contribution < 1.29 is 4.79 Å². The van der Waals surface area contributed by atoms with E-state index >= 15 is 0 Å². The molecule has 1 aromatic heterocycles. The van der Waals surface area contributed by atoms with Gasteiger partial charge in [-0.25, -0.2) is 0 Å². The van der Waals surface area contributed by atoms with E-state index in [1.54, 1.807) is 6.20 Å². The van der Waals surface area contributed by atoms with Crippen molar-refractivity contribution in [2.45, 2.75) is 19.4 Å². The summed E-state index contributed by atoms with van der Waals surface area (Å²) >= 11 is 0. The number of hydrogen-bond acceptors (Lipinski definition) is 3. The van der Waals surface area contributed by atoms with Crippen LogP contribution in [-0.4, -0.2) is 22.2 Å². The second kappa shape index (κ2) is 7.85. The first-order valence-corrected chi connectivity index (χ1v) is 6.98. The van der Waals surface area contributed by atoms with Crippen molar-refractivity contribution in [1.82, 2.24) is 15.1 Å². The van der Waals surface area contributed by atoms with Crippen LogP contribution < -0.4 is 5.32 Å². The summed E-state index contributed by atoms with van der Waals surface area (Å²) in [7, 11) is 0. The fourth-order valence-electron chi connectivity index (χ4n) is 2.06. The molecule has 5 heteroatoms. The van der Waals surface area contributed by atoms with E-state index in [0.29, 0.717) is 13.0 Å². The fraction of sp³-hybridized carbons (Fsp3) is 0.312. The molecule has 0 bridgehead atoms. The number of carbonyl (C=O) groups excluding carboxylic acids is 1. The Bertz CT molecular complexity index is 586. The molecule has 2 rings (SSSR count). The fourth-order valence-corrected chi connectivity index (χ4v) is 2.06. The average Bonchev–Trinajstić information content (AvgIpc) is 3.03. The van der Waals surface area contributed by atoms with Gasteiger partial charge in [0.2, 0.25) is 5.91 Å².